The van der Waals surface area contributed by atoms with Crippen LogP contribution in [0.5, 0.6) is 0 Å². The lowest BCUT2D eigenvalue weighted by Crippen LogP contribution is -2.26. The number of aldehydes is 1. The third-order valence-corrected chi connectivity index (χ3v) is 3.36. The molecule has 3 rings (SSSR count). The van der Waals surface area contributed by atoms with E-state index in [1.165, 1.54) is 11.1 Å². The second-order valence-electron chi connectivity index (χ2n) is 4.52. The summed E-state index contributed by atoms with van der Waals surface area (Å²) in [6, 6.07) is 4.34. The molecule has 2 heterocycles. The van der Waals surface area contributed by atoms with Crippen molar-refractivity contribution in [2.75, 3.05) is 13.6 Å². The first-order valence-electron chi connectivity index (χ1n) is 5.54. The molecule has 1 aliphatic heterocycles. The largest absolute Gasteiger partial charge is 0.360 e. The molecule has 2 aromatic rings. The highest BCUT2D eigenvalue weighted by atomic mass is 16.1. The fraction of sp³-hybridized carbons (Fsp3) is 0.308. The summed E-state index contributed by atoms with van der Waals surface area (Å²) in [4.78, 5) is 16.3. The molecule has 0 radical (unpaired) electrons. The van der Waals surface area contributed by atoms with E-state index >= 15 is 0 Å². The third kappa shape index (κ3) is 1.36. The van der Waals surface area contributed by atoms with Crippen molar-refractivity contribution in [1.82, 2.24) is 9.88 Å². The molecule has 0 fully saturated rings. The lowest BCUT2D eigenvalue weighted by Gasteiger charge is -2.24. The van der Waals surface area contributed by atoms with Gasteiger partial charge in [-0.1, -0.05) is 0 Å². The number of hydrogen-bond acceptors (Lipinski definition) is 2. The number of aromatic amines is 1. The van der Waals surface area contributed by atoms with Crippen molar-refractivity contribution in [2.24, 2.45) is 0 Å². The Hall–Kier alpha value is -1.61. The minimum atomic E-state index is 0.761. The van der Waals surface area contributed by atoms with Gasteiger partial charge in [-0.2, -0.15) is 0 Å². The minimum absolute atomic E-state index is 0.761. The van der Waals surface area contributed by atoms with Gasteiger partial charge in [0.1, 0.15) is 0 Å². The molecule has 0 amide bonds. The maximum atomic E-state index is 10.9. The van der Waals surface area contributed by atoms with E-state index in [0.29, 0.717) is 0 Å². The molecule has 0 atom stereocenters. The van der Waals surface area contributed by atoms with Gasteiger partial charge < -0.3 is 9.88 Å². The molecule has 1 aromatic carbocycles. The van der Waals surface area contributed by atoms with Gasteiger partial charge in [-0.3, -0.25) is 4.79 Å². The number of nitrogens with zero attached hydrogens (tertiary/aromatic N) is 1. The highest BCUT2D eigenvalue weighted by Gasteiger charge is 2.15. The van der Waals surface area contributed by atoms with Crippen LogP contribution in [0.1, 0.15) is 21.5 Å². The second kappa shape index (κ2) is 3.46. The minimum Gasteiger partial charge on any atom is -0.360 e. The number of aromatic nitrogens is 1. The topological polar surface area (TPSA) is 36.1 Å². The second-order valence-corrected chi connectivity index (χ2v) is 4.52. The van der Waals surface area contributed by atoms with Gasteiger partial charge >= 0.3 is 0 Å². The fourth-order valence-corrected chi connectivity index (χ4v) is 2.44. The Morgan fingerprint density at radius 3 is 3.06 bits per heavy atom. The molecule has 0 unspecified atom stereocenters. The Labute approximate surface area is 94.1 Å². The smallest absolute Gasteiger partial charge is 0.152 e. The lowest BCUT2D eigenvalue weighted by molar-refractivity contribution is 0.112. The summed E-state index contributed by atoms with van der Waals surface area (Å²) in [5.74, 6) is 0. The first kappa shape index (κ1) is 9.60. The molecule has 0 saturated heterocycles. The number of carbonyl (C=O) groups is 1. The lowest BCUT2D eigenvalue weighted by atomic mass is 9.97. The van der Waals surface area contributed by atoms with E-state index in [9.17, 15) is 4.79 Å². The molecule has 3 heteroatoms. The van der Waals surface area contributed by atoms with Gasteiger partial charge in [0, 0.05) is 35.8 Å². The van der Waals surface area contributed by atoms with Gasteiger partial charge in [0.15, 0.2) is 6.29 Å². The third-order valence-electron chi connectivity index (χ3n) is 3.36. The summed E-state index contributed by atoms with van der Waals surface area (Å²) in [6.07, 6.45) is 3.78. The van der Waals surface area contributed by atoms with Crippen molar-refractivity contribution in [3.8, 4) is 0 Å². The predicted octanol–water partition coefficient (Wildman–Crippen LogP) is 1.97. The SMILES string of the molecule is CN1CCc2cc3c(C=O)c[nH]c3cc2C1. The van der Waals surface area contributed by atoms with Crippen LogP contribution in [0.25, 0.3) is 10.9 Å². The first-order chi connectivity index (χ1) is 7.78. The van der Waals surface area contributed by atoms with E-state index in [0.717, 1.165) is 42.3 Å². The van der Waals surface area contributed by atoms with Crippen LogP contribution in [-0.2, 0) is 13.0 Å². The summed E-state index contributed by atoms with van der Waals surface area (Å²) in [5, 5.41) is 1.05. The zero-order chi connectivity index (χ0) is 11.1. The van der Waals surface area contributed by atoms with Crippen LogP contribution < -0.4 is 0 Å². The van der Waals surface area contributed by atoms with E-state index < -0.39 is 0 Å². The Morgan fingerprint density at radius 2 is 2.25 bits per heavy atom. The molecule has 0 aliphatic carbocycles. The zero-order valence-corrected chi connectivity index (χ0v) is 9.29. The molecule has 3 nitrogen and oxygen atoms in total. The van der Waals surface area contributed by atoms with Crippen molar-refractivity contribution < 1.29 is 4.79 Å². The van der Waals surface area contributed by atoms with Gasteiger partial charge in [0.25, 0.3) is 0 Å². The zero-order valence-electron chi connectivity index (χ0n) is 9.29. The van der Waals surface area contributed by atoms with Gasteiger partial charge in [-0.05, 0) is 36.7 Å². The molecule has 1 N–H and O–H groups in total. The van der Waals surface area contributed by atoms with E-state index in [-0.39, 0.29) is 0 Å². The highest BCUT2D eigenvalue weighted by Crippen LogP contribution is 2.25. The molecule has 0 spiro atoms. The quantitative estimate of drug-likeness (QED) is 0.737. The van der Waals surface area contributed by atoms with Crippen LogP contribution >= 0.6 is 0 Å². The van der Waals surface area contributed by atoms with Crippen molar-refractivity contribution >= 4 is 17.2 Å². The van der Waals surface area contributed by atoms with Crippen molar-refractivity contribution in [3.05, 3.63) is 35.0 Å². The van der Waals surface area contributed by atoms with Crippen LogP contribution in [0.4, 0.5) is 0 Å². The summed E-state index contributed by atoms with van der Waals surface area (Å²) in [7, 11) is 2.14. The van der Waals surface area contributed by atoms with E-state index in [2.05, 4.69) is 29.1 Å². The fourth-order valence-electron chi connectivity index (χ4n) is 2.44. The summed E-state index contributed by atoms with van der Waals surface area (Å²) in [5.41, 5.74) is 4.58. The van der Waals surface area contributed by atoms with Crippen LogP contribution in [0.3, 0.4) is 0 Å². The Balaban J connectivity index is 2.21. The number of H-pyrrole nitrogens is 1. The van der Waals surface area contributed by atoms with E-state index in [1.54, 1.807) is 6.20 Å². The van der Waals surface area contributed by atoms with Crippen LogP contribution in [0.2, 0.25) is 0 Å². The molecular formula is C13H14N2O. The summed E-state index contributed by atoms with van der Waals surface area (Å²) >= 11 is 0. The molecule has 0 saturated carbocycles. The maximum Gasteiger partial charge on any atom is 0.152 e. The standard InChI is InChI=1S/C13H14N2O/c1-15-3-2-9-4-12-11(8-16)6-14-13(12)5-10(9)7-15/h4-6,8,14H,2-3,7H2,1H3. The Morgan fingerprint density at radius 1 is 1.38 bits per heavy atom. The normalized spacial score (nSPS) is 16.3. The highest BCUT2D eigenvalue weighted by molar-refractivity contribution is 5.97. The number of rotatable bonds is 1. The number of benzene rings is 1. The van der Waals surface area contributed by atoms with Gasteiger partial charge in [-0.15, -0.1) is 0 Å². The molecule has 1 aromatic heterocycles. The predicted molar refractivity (Wildman–Crippen MR) is 63.7 cm³/mol. The molecule has 1 aliphatic rings. The number of carbonyl (C=O) groups excluding carboxylic acids is 1. The van der Waals surface area contributed by atoms with E-state index in [4.69, 9.17) is 0 Å². The monoisotopic (exact) mass is 214 g/mol. The maximum absolute atomic E-state index is 10.9. The average Bonchev–Trinajstić information content (AvgIpc) is 2.68. The van der Waals surface area contributed by atoms with Crippen molar-refractivity contribution in [2.45, 2.75) is 13.0 Å². The van der Waals surface area contributed by atoms with Crippen LogP contribution in [0.15, 0.2) is 18.3 Å². The number of nitrogens with one attached hydrogen (secondary N) is 1. The Bertz CT molecular complexity index is 556. The first-order valence-corrected chi connectivity index (χ1v) is 5.54. The molecule has 0 bridgehead atoms. The van der Waals surface area contributed by atoms with Crippen LogP contribution in [0, 0.1) is 0 Å². The number of likely N-dealkylation sites (N-methyl/N-ethyl adjacent to an activating group) is 1. The number of fused-ring (bicyclic) bond motifs is 2. The van der Waals surface area contributed by atoms with E-state index in [1.807, 2.05) is 0 Å². The van der Waals surface area contributed by atoms with Gasteiger partial charge in [-0.25, -0.2) is 0 Å². The van der Waals surface area contributed by atoms with Crippen molar-refractivity contribution in [1.29, 1.82) is 0 Å². The van der Waals surface area contributed by atoms with Crippen LogP contribution in [-0.4, -0.2) is 29.8 Å². The molecular weight excluding hydrogens is 200 g/mol. The molecule has 16 heavy (non-hydrogen) atoms. The average molecular weight is 214 g/mol. The Kier molecular flexibility index (Phi) is 2.07. The van der Waals surface area contributed by atoms with Crippen molar-refractivity contribution in [3.63, 3.8) is 0 Å². The van der Waals surface area contributed by atoms with Gasteiger partial charge in [0.05, 0.1) is 0 Å². The summed E-state index contributed by atoms with van der Waals surface area (Å²) in [6.45, 7) is 2.10. The molecule has 82 valence electrons. The number of hydrogen-bond donors (Lipinski definition) is 1. The summed E-state index contributed by atoms with van der Waals surface area (Å²) < 4.78 is 0. The van der Waals surface area contributed by atoms with Gasteiger partial charge in [0.2, 0.25) is 0 Å².